The summed E-state index contributed by atoms with van der Waals surface area (Å²) in [4.78, 5) is 32.9. The lowest BCUT2D eigenvalue weighted by atomic mass is 9.82. The molecule has 0 aliphatic rings. The van der Waals surface area contributed by atoms with Crippen LogP contribution >= 0.6 is 11.3 Å². The Morgan fingerprint density at radius 3 is 2.52 bits per heavy atom. The molecule has 0 atom stereocenters. The first-order chi connectivity index (χ1) is 15.8. The number of aromatic nitrogens is 2. The van der Waals surface area contributed by atoms with Gasteiger partial charge in [-0.05, 0) is 29.3 Å². The second-order valence-corrected chi connectivity index (χ2v) is 8.65. The van der Waals surface area contributed by atoms with Crippen molar-refractivity contribution in [2.24, 2.45) is 5.73 Å². The second-order valence-electron chi connectivity index (χ2n) is 7.80. The monoisotopic (exact) mass is 468 g/mol. The lowest BCUT2D eigenvalue weighted by molar-refractivity contribution is 0.0949. The van der Waals surface area contributed by atoms with Crippen LogP contribution in [0.15, 0.2) is 48.0 Å². The number of urea groups is 1. The van der Waals surface area contributed by atoms with Gasteiger partial charge in [0.05, 0.1) is 12.8 Å². The number of rotatable bonds is 9. The Morgan fingerprint density at radius 2 is 1.88 bits per heavy atom. The van der Waals surface area contributed by atoms with Crippen molar-refractivity contribution in [3.63, 3.8) is 0 Å². The summed E-state index contributed by atoms with van der Waals surface area (Å²) in [6, 6.07) is 10.8. The van der Waals surface area contributed by atoms with Crippen LogP contribution in [0, 0.1) is 0 Å². The predicted octanol–water partition coefficient (Wildman–Crippen LogP) is 2.88. The molecule has 3 amide bonds. The number of carbonyl (C=O) groups excluding carboxylic acids is 2. The summed E-state index contributed by atoms with van der Waals surface area (Å²) in [6.07, 6.45) is 1.55. The Morgan fingerprint density at radius 1 is 1.12 bits per heavy atom. The van der Waals surface area contributed by atoms with Crippen LogP contribution in [0.4, 0.5) is 9.93 Å². The first-order valence-electron chi connectivity index (χ1n) is 10.4. The van der Waals surface area contributed by atoms with Crippen LogP contribution in [0.25, 0.3) is 0 Å². The number of hydrogen-bond acceptors (Lipinski definition) is 7. The number of ether oxygens (including phenoxy) is 1. The molecule has 2 aromatic heterocycles. The molecule has 0 radical (unpaired) electrons. The molecule has 2 heterocycles. The Bertz CT molecular complexity index is 1080. The minimum atomic E-state index is -0.372. The first-order valence-corrected chi connectivity index (χ1v) is 11.3. The van der Waals surface area contributed by atoms with Gasteiger partial charge in [-0.15, -0.1) is 11.3 Å². The molecule has 3 rings (SSSR count). The molecule has 33 heavy (non-hydrogen) atoms. The summed E-state index contributed by atoms with van der Waals surface area (Å²) in [5.74, 6) is 0.515. The third kappa shape index (κ3) is 6.27. The number of pyridine rings is 1. The van der Waals surface area contributed by atoms with Gasteiger partial charge in [0.15, 0.2) is 5.13 Å². The van der Waals surface area contributed by atoms with E-state index in [1.54, 1.807) is 25.4 Å². The number of thiazole rings is 1. The number of nitrogens with one attached hydrogen (secondary N) is 3. The van der Waals surface area contributed by atoms with E-state index in [0.717, 1.165) is 22.6 Å². The number of anilines is 1. The summed E-state index contributed by atoms with van der Waals surface area (Å²) in [5, 5.41) is 10.6. The number of benzene rings is 1. The lowest BCUT2D eigenvalue weighted by Gasteiger charge is -2.23. The van der Waals surface area contributed by atoms with Crippen molar-refractivity contribution in [3.05, 3.63) is 70.5 Å². The zero-order valence-electron chi connectivity index (χ0n) is 18.8. The topological polar surface area (TPSA) is 131 Å². The van der Waals surface area contributed by atoms with Gasteiger partial charge in [-0.25, -0.2) is 9.78 Å². The zero-order valence-corrected chi connectivity index (χ0v) is 19.7. The molecule has 0 bridgehead atoms. The third-order valence-corrected chi connectivity index (χ3v) is 5.87. The summed E-state index contributed by atoms with van der Waals surface area (Å²) in [7, 11) is 1.64. The van der Waals surface area contributed by atoms with Gasteiger partial charge in [0.1, 0.15) is 11.4 Å². The average Bonchev–Trinajstić information content (AvgIpc) is 3.31. The Kier molecular flexibility index (Phi) is 7.96. The van der Waals surface area contributed by atoms with Crippen LogP contribution in [-0.2, 0) is 12.0 Å². The molecule has 0 saturated heterocycles. The highest BCUT2D eigenvalue weighted by Crippen LogP contribution is 2.34. The Balaban J connectivity index is 1.54. The van der Waals surface area contributed by atoms with E-state index in [1.807, 2.05) is 29.6 Å². The van der Waals surface area contributed by atoms with Crippen molar-refractivity contribution in [1.82, 2.24) is 20.6 Å². The van der Waals surface area contributed by atoms with Gasteiger partial charge < -0.3 is 21.1 Å². The van der Waals surface area contributed by atoms with E-state index < -0.39 is 0 Å². The highest BCUT2D eigenvalue weighted by atomic mass is 32.1. The molecular weight excluding hydrogens is 440 g/mol. The summed E-state index contributed by atoms with van der Waals surface area (Å²) in [5.41, 5.74) is 8.06. The highest BCUT2D eigenvalue weighted by molar-refractivity contribution is 7.13. The molecule has 5 N–H and O–H groups in total. The van der Waals surface area contributed by atoms with Crippen LogP contribution in [0.5, 0.6) is 5.75 Å². The van der Waals surface area contributed by atoms with Crippen LogP contribution < -0.4 is 26.4 Å². The standard InChI is InChI=1S/C23H28N6O3S/c1-23(2,16-5-7-17(32-3)8-6-16)19-14-33-22(28-19)29-21(31)27-13-15-4-9-18(26-12-15)20(30)25-11-10-24/h4-9,12,14H,10-11,13,24H2,1-3H3,(H,25,30)(H2,27,28,29,31). The van der Waals surface area contributed by atoms with Crippen molar-refractivity contribution in [2.45, 2.75) is 25.8 Å². The van der Waals surface area contributed by atoms with Gasteiger partial charge in [0, 0.05) is 36.6 Å². The fourth-order valence-corrected chi connectivity index (χ4v) is 3.91. The summed E-state index contributed by atoms with van der Waals surface area (Å²) in [6.45, 7) is 5.18. The number of nitrogens with two attached hydrogens (primary N) is 1. The van der Waals surface area contributed by atoms with Crippen LogP contribution in [0.3, 0.4) is 0 Å². The Labute approximate surface area is 196 Å². The molecule has 174 valence electrons. The summed E-state index contributed by atoms with van der Waals surface area (Å²) >= 11 is 1.37. The lowest BCUT2D eigenvalue weighted by Crippen LogP contribution is -2.30. The van der Waals surface area contributed by atoms with Gasteiger partial charge in [0.25, 0.3) is 5.91 Å². The van der Waals surface area contributed by atoms with E-state index in [1.165, 1.54) is 11.3 Å². The molecule has 10 heteroatoms. The minimum Gasteiger partial charge on any atom is -0.497 e. The van der Waals surface area contributed by atoms with E-state index in [9.17, 15) is 9.59 Å². The molecule has 3 aromatic rings. The van der Waals surface area contributed by atoms with E-state index in [2.05, 4.69) is 39.8 Å². The van der Waals surface area contributed by atoms with Crippen molar-refractivity contribution in [1.29, 1.82) is 0 Å². The maximum absolute atomic E-state index is 12.3. The molecule has 9 nitrogen and oxygen atoms in total. The number of methoxy groups -OCH3 is 1. The normalized spacial score (nSPS) is 11.0. The van der Waals surface area contributed by atoms with E-state index >= 15 is 0 Å². The molecule has 0 aliphatic heterocycles. The molecule has 0 unspecified atom stereocenters. The smallest absolute Gasteiger partial charge is 0.321 e. The number of hydrogen-bond donors (Lipinski definition) is 4. The maximum Gasteiger partial charge on any atom is 0.321 e. The first kappa shape index (κ1) is 24.1. The van der Waals surface area contributed by atoms with Gasteiger partial charge in [-0.2, -0.15) is 0 Å². The van der Waals surface area contributed by atoms with Crippen molar-refractivity contribution in [3.8, 4) is 5.75 Å². The number of carbonyl (C=O) groups is 2. The highest BCUT2D eigenvalue weighted by Gasteiger charge is 2.26. The zero-order chi connectivity index (χ0) is 23.8. The SMILES string of the molecule is COc1ccc(C(C)(C)c2csc(NC(=O)NCc3ccc(C(=O)NCCN)nc3)n2)cc1. The average molecular weight is 469 g/mol. The van der Waals surface area contributed by atoms with Gasteiger partial charge >= 0.3 is 6.03 Å². The van der Waals surface area contributed by atoms with E-state index in [4.69, 9.17) is 10.5 Å². The van der Waals surface area contributed by atoms with Crippen molar-refractivity contribution < 1.29 is 14.3 Å². The van der Waals surface area contributed by atoms with Gasteiger partial charge in [0.2, 0.25) is 0 Å². The van der Waals surface area contributed by atoms with Crippen LogP contribution in [0.1, 0.15) is 41.2 Å². The predicted molar refractivity (Wildman–Crippen MR) is 129 cm³/mol. The van der Waals surface area contributed by atoms with E-state index in [0.29, 0.717) is 23.9 Å². The van der Waals surface area contributed by atoms with E-state index in [-0.39, 0.29) is 23.9 Å². The molecule has 0 saturated carbocycles. The fraction of sp³-hybridized carbons (Fsp3) is 0.304. The largest absolute Gasteiger partial charge is 0.497 e. The van der Waals surface area contributed by atoms with Crippen molar-refractivity contribution in [2.75, 3.05) is 25.5 Å². The van der Waals surface area contributed by atoms with Crippen LogP contribution in [0.2, 0.25) is 0 Å². The fourth-order valence-electron chi connectivity index (χ4n) is 3.04. The van der Waals surface area contributed by atoms with Crippen LogP contribution in [-0.4, -0.2) is 42.1 Å². The summed E-state index contributed by atoms with van der Waals surface area (Å²) < 4.78 is 5.23. The minimum absolute atomic E-state index is 0.263. The molecule has 0 aliphatic carbocycles. The van der Waals surface area contributed by atoms with Gasteiger partial charge in [-0.1, -0.05) is 32.0 Å². The molecule has 1 aromatic carbocycles. The van der Waals surface area contributed by atoms with Gasteiger partial charge in [-0.3, -0.25) is 15.1 Å². The van der Waals surface area contributed by atoms with Crippen molar-refractivity contribution >= 4 is 28.4 Å². The Hall–Kier alpha value is -3.50. The second kappa shape index (κ2) is 10.9. The molecule has 0 fully saturated rings. The number of nitrogens with zero attached hydrogens (tertiary/aromatic N) is 2. The quantitative estimate of drug-likeness (QED) is 0.382. The third-order valence-electron chi connectivity index (χ3n) is 5.12. The number of amides is 3. The molecular formula is C23H28N6O3S. The maximum atomic E-state index is 12.3. The molecule has 0 spiro atoms.